The van der Waals surface area contributed by atoms with Crippen LogP contribution in [0.15, 0.2) is 0 Å². The summed E-state index contributed by atoms with van der Waals surface area (Å²) >= 11 is 0. The van der Waals surface area contributed by atoms with Crippen molar-refractivity contribution in [2.75, 3.05) is 0 Å². The molecule has 0 saturated heterocycles. The number of rotatable bonds is 2. The number of amides is 1. The molecule has 0 spiro atoms. The van der Waals surface area contributed by atoms with Crippen molar-refractivity contribution in [2.45, 2.75) is 56.9 Å². The third-order valence-corrected chi connectivity index (χ3v) is 4.34. The maximum absolute atomic E-state index is 12.2. The van der Waals surface area contributed by atoms with Gasteiger partial charge >= 0.3 is 15.5 Å². The Hall–Kier alpha value is -0.790. The monoisotopic (exact) mass is 301 g/mol. The molecule has 1 rings (SSSR count). The molecule has 0 atom stereocenters. The van der Waals surface area contributed by atoms with Crippen LogP contribution in [-0.2, 0) is 14.8 Å². The van der Waals surface area contributed by atoms with Gasteiger partial charge in [0, 0.05) is 5.92 Å². The molecule has 0 radical (unpaired) electrons. The molecule has 19 heavy (non-hydrogen) atoms. The molecule has 112 valence electrons. The second-order valence-electron chi connectivity index (χ2n) is 4.81. The van der Waals surface area contributed by atoms with Gasteiger partial charge in [0.05, 0.1) is 0 Å². The lowest BCUT2D eigenvalue weighted by Gasteiger charge is -2.16. The highest BCUT2D eigenvalue weighted by Gasteiger charge is 2.47. The van der Waals surface area contributed by atoms with Crippen LogP contribution in [-0.4, -0.2) is 19.8 Å². The standard InChI is InChI=1S/C11H18F3NO3S/c12-11(13,14)19(17,18)15-10(16)9-7-5-3-1-2-4-6-8-9/h9H,1-8H2,(H,15,16). The van der Waals surface area contributed by atoms with E-state index < -0.39 is 27.4 Å². The van der Waals surface area contributed by atoms with Crippen LogP contribution in [0, 0.1) is 5.92 Å². The first-order chi connectivity index (χ1) is 8.74. The van der Waals surface area contributed by atoms with Crippen molar-refractivity contribution < 1.29 is 26.4 Å². The fraction of sp³-hybridized carbons (Fsp3) is 0.909. The van der Waals surface area contributed by atoms with Gasteiger partial charge in [0.15, 0.2) is 0 Å². The fourth-order valence-electron chi connectivity index (χ4n) is 2.17. The van der Waals surface area contributed by atoms with Crippen LogP contribution < -0.4 is 4.72 Å². The Kier molecular flexibility index (Phi) is 5.64. The number of carbonyl (C=O) groups excluding carboxylic acids is 1. The molecular formula is C11H18F3NO3S. The van der Waals surface area contributed by atoms with Gasteiger partial charge in [0.1, 0.15) is 0 Å². The zero-order valence-corrected chi connectivity index (χ0v) is 11.3. The van der Waals surface area contributed by atoms with Gasteiger partial charge < -0.3 is 0 Å². The molecule has 4 nitrogen and oxygen atoms in total. The highest BCUT2D eigenvalue weighted by atomic mass is 32.2. The third kappa shape index (κ3) is 5.00. The molecule has 0 aliphatic heterocycles. The van der Waals surface area contributed by atoms with Crippen LogP contribution in [0.25, 0.3) is 0 Å². The highest BCUT2D eigenvalue weighted by Crippen LogP contribution is 2.25. The minimum absolute atomic E-state index is 0.444. The van der Waals surface area contributed by atoms with E-state index in [1.807, 2.05) is 0 Å². The van der Waals surface area contributed by atoms with Crippen LogP contribution >= 0.6 is 0 Å². The molecule has 0 aromatic rings. The summed E-state index contributed by atoms with van der Waals surface area (Å²) in [6, 6.07) is 0. The van der Waals surface area contributed by atoms with E-state index >= 15 is 0 Å². The van der Waals surface area contributed by atoms with Gasteiger partial charge in [-0.3, -0.25) is 4.79 Å². The molecule has 0 aromatic heterocycles. The zero-order valence-electron chi connectivity index (χ0n) is 10.5. The summed E-state index contributed by atoms with van der Waals surface area (Å²) < 4.78 is 59.4. The maximum Gasteiger partial charge on any atom is 0.516 e. The summed E-state index contributed by atoms with van der Waals surface area (Å²) in [4.78, 5) is 11.6. The minimum Gasteiger partial charge on any atom is -0.274 e. The lowest BCUT2D eigenvalue weighted by molar-refractivity contribution is -0.124. The van der Waals surface area contributed by atoms with E-state index in [1.54, 1.807) is 0 Å². The molecule has 1 saturated carbocycles. The quantitative estimate of drug-likeness (QED) is 0.853. The van der Waals surface area contributed by atoms with Crippen molar-refractivity contribution in [3.8, 4) is 0 Å². The Morgan fingerprint density at radius 2 is 1.37 bits per heavy atom. The van der Waals surface area contributed by atoms with Crippen molar-refractivity contribution in [3.05, 3.63) is 0 Å². The topological polar surface area (TPSA) is 63.2 Å². The molecule has 1 aliphatic rings. The average molecular weight is 301 g/mol. The van der Waals surface area contributed by atoms with Crippen LogP contribution in [0.2, 0.25) is 0 Å². The summed E-state index contributed by atoms with van der Waals surface area (Å²) in [6.45, 7) is 0. The molecule has 8 heteroatoms. The second kappa shape index (κ2) is 6.58. The Morgan fingerprint density at radius 3 is 1.79 bits per heavy atom. The van der Waals surface area contributed by atoms with Crippen molar-refractivity contribution >= 4 is 15.9 Å². The Bertz CT molecular complexity index is 396. The molecular weight excluding hydrogens is 283 g/mol. The number of alkyl halides is 3. The van der Waals surface area contributed by atoms with E-state index in [1.165, 1.54) is 0 Å². The van der Waals surface area contributed by atoms with Gasteiger partial charge in [-0.2, -0.15) is 21.6 Å². The lowest BCUT2D eigenvalue weighted by atomic mass is 9.96. The number of nitrogens with one attached hydrogen (secondary N) is 1. The summed E-state index contributed by atoms with van der Waals surface area (Å²) in [5, 5.41) is 0. The van der Waals surface area contributed by atoms with E-state index in [0.717, 1.165) is 43.2 Å². The van der Waals surface area contributed by atoms with E-state index in [4.69, 9.17) is 0 Å². The predicted molar refractivity (Wildman–Crippen MR) is 63.5 cm³/mol. The molecule has 0 bridgehead atoms. The van der Waals surface area contributed by atoms with Crippen molar-refractivity contribution in [1.29, 1.82) is 0 Å². The van der Waals surface area contributed by atoms with Gasteiger partial charge in [-0.05, 0) is 12.8 Å². The van der Waals surface area contributed by atoms with E-state index in [9.17, 15) is 26.4 Å². The normalized spacial score (nSPS) is 20.2. The predicted octanol–water partition coefficient (Wildman–Crippen LogP) is 2.70. The molecule has 1 aliphatic carbocycles. The summed E-state index contributed by atoms with van der Waals surface area (Å²) in [7, 11) is -5.58. The third-order valence-electron chi connectivity index (χ3n) is 3.27. The Labute approximate surface area is 110 Å². The first-order valence-electron chi connectivity index (χ1n) is 6.37. The molecule has 1 N–H and O–H groups in total. The SMILES string of the molecule is O=C(NS(=O)(=O)C(F)(F)F)C1CCCCCCCC1. The van der Waals surface area contributed by atoms with Gasteiger partial charge in [-0.25, -0.2) is 4.72 Å². The van der Waals surface area contributed by atoms with E-state index in [2.05, 4.69) is 0 Å². The zero-order chi connectivity index (χ0) is 14.5. The summed E-state index contributed by atoms with van der Waals surface area (Å²) in [5.41, 5.74) is -5.44. The second-order valence-corrected chi connectivity index (χ2v) is 6.48. The Morgan fingerprint density at radius 1 is 0.947 bits per heavy atom. The first-order valence-corrected chi connectivity index (χ1v) is 7.85. The summed E-state index contributed by atoms with van der Waals surface area (Å²) in [5.74, 6) is -1.67. The van der Waals surface area contributed by atoms with Crippen LogP contribution in [0.3, 0.4) is 0 Å². The smallest absolute Gasteiger partial charge is 0.274 e. The number of hydrogen-bond acceptors (Lipinski definition) is 3. The molecule has 0 unspecified atom stereocenters. The fourth-order valence-corrected chi connectivity index (χ4v) is 2.72. The van der Waals surface area contributed by atoms with Crippen molar-refractivity contribution in [3.63, 3.8) is 0 Å². The van der Waals surface area contributed by atoms with Gasteiger partial charge in [0.25, 0.3) is 0 Å². The van der Waals surface area contributed by atoms with Gasteiger partial charge in [-0.1, -0.05) is 38.5 Å². The van der Waals surface area contributed by atoms with Gasteiger partial charge in [-0.15, -0.1) is 0 Å². The number of hydrogen-bond donors (Lipinski definition) is 1. The molecule has 0 aromatic carbocycles. The molecule has 1 amide bonds. The number of halogens is 3. The molecule has 0 heterocycles. The largest absolute Gasteiger partial charge is 0.516 e. The van der Waals surface area contributed by atoms with E-state index in [0.29, 0.717) is 12.8 Å². The summed E-state index contributed by atoms with van der Waals surface area (Å²) in [6.07, 6.45) is 6.32. The maximum atomic E-state index is 12.2. The first kappa shape index (κ1) is 16.3. The van der Waals surface area contributed by atoms with Crippen LogP contribution in [0.1, 0.15) is 51.4 Å². The van der Waals surface area contributed by atoms with E-state index in [-0.39, 0.29) is 0 Å². The minimum atomic E-state index is -5.58. The van der Waals surface area contributed by atoms with Crippen molar-refractivity contribution in [1.82, 2.24) is 4.72 Å². The van der Waals surface area contributed by atoms with Crippen LogP contribution in [0.5, 0.6) is 0 Å². The highest BCUT2D eigenvalue weighted by molar-refractivity contribution is 7.90. The number of carbonyl (C=O) groups is 1. The average Bonchev–Trinajstić information content (AvgIpc) is 2.39. The van der Waals surface area contributed by atoms with Crippen LogP contribution in [0.4, 0.5) is 13.2 Å². The number of sulfonamides is 1. The lowest BCUT2D eigenvalue weighted by Crippen LogP contribution is -2.43. The van der Waals surface area contributed by atoms with Gasteiger partial charge in [0.2, 0.25) is 5.91 Å². The van der Waals surface area contributed by atoms with Crippen molar-refractivity contribution in [2.24, 2.45) is 5.92 Å². The Balaban J connectivity index is 2.65. The molecule has 1 fully saturated rings.